The highest BCUT2D eigenvalue weighted by Crippen LogP contribution is 2.35. The lowest BCUT2D eigenvalue weighted by molar-refractivity contribution is -0.150. The van der Waals surface area contributed by atoms with Gasteiger partial charge in [0.05, 0.1) is 5.92 Å². The van der Waals surface area contributed by atoms with E-state index in [0.29, 0.717) is 5.76 Å². The lowest BCUT2D eigenvalue weighted by Crippen LogP contribution is -2.10. The number of hydrogen-bond acceptors (Lipinski definition) is 6. The molecule has 3 aromatic carbocycles. The Kier molecular flexibility index (Phi) is 6.68. The van der Waals surface area contributed by atoms with Crippen molar-refractivity contribution in [3.05, 3.63) is 108 Å². The largest absolute Gasteiger partial charge is 0.458 e. The summed E-state index contributed by atoms with van der Waals surface area (Å²) in [6.07, 6.45) is 3.44. The third-order valence-corrected chi connectivity index (χ3v) is 7.05. The van der Waals surface area contributed by atoms with Crippen LogP contribution in [0.15, 0.2) is 102 Å². The average Bonchev–Trinajstić information content (AvgIpc) is 3.78. The minimum atomic E-state index is -0.252. The summed E-state index contributed by atoms with van der Waals surface area (Å²) in [5.41, 5.74) is 7.82. The van der Waals surface area contributed by atoms with Crippen LogP contribution in [0.25, 0.3) is 33.6 Å². The van der Waals surface area contributed by atoms with Gasteiger partial charge < -0.3 is 14.6 Å². The molecule has 6 nitrogen and oxygen atoms in total. The van der Waals surface area contributed by atoms with Crippen LogP contribution >= 0.6 is 0 Å². The monoisotopic (exact) mass is 515 g/mol. The number of esters is 1. The van der Waals surface area contributed by atoms with Crippen LogP contribution < -0.4 is 5.32 Å². The van der Waals surface area contributed by atoms with E-state index in [-0.39, 0.29) is 18.0 Å². The van der Waals surface area contributed by atoms with Crippen LogP contribution in [-0.4, -0.2) is 16.1 Å². The predicted octanol–water partition coefficient (Wildman–Crippen LogP) is 8.14. The highest BCUT2D eigenvalue weighted by Gasteiger charge is 2.32. The minimum absolute atomic E-state index is 0.0849. The van der Waals surface area contributed by atoms with Crippen LogP contribution in [0.3, 0.4) is 0 Å². The number of rotatable bonds is 8. The summed E-state index contributed by atoms with van der Waals surface area (Å²) in [5.74, 6) is 1.40. The third-order valence-electron chi connectivity index (χ3n) is 7.05. The third kappa shape index (κ3) is 5.46. The number of nitrogens with zero attached hydrogens (tertiary/aromatic N) is 2. The molecule has 0 radical (unpaired) electrons. The first kappa shape index (κ1) is 24.6. The molecule has 0 bridgehead atoms. The van der Waals surface area contributed by atoms with Crippen LogP contribution in [0.4, 0.5) is 11.5 Å². The average molecular weight is 516 g/mol. The summed E-state index contributed by atoms with van der Waals surface area (Å²) in [6, 6.07) is 30.6. The van der Waals surface area contributed by atoms with E-state index in [4.69, 9.17) is 9.26 Å². The fourth-order valence-electron chi connectivity index (χ4n) is 4.57. The van der Waals surface area contributed by atoms with Gasteiger partial charge in [0.1, 0.15) is 23.3 Å². The maximum absolute atomic E-state index is 12.0. The molecule has 2 heterocycles. The van der Waals surface area contributed by atoms with Crippen molar-refractivity contribution < 1.29 is 14.1 Å². The van der Waals surface area contributed by atoms with Crippen molar-refractivity contribution >= 4 is 17.5 Å². The van der Waals surface area contributed by atoms with Crippen LogP contribution in [0, 0.1) is 12.8 Å². The quantitative estimate of drug-likeness (QED) is 0.210. The van der Waals surface area contributed by atoms with Gasteiger partial charge in [-0.15, -0.1) is 0 Å². The van der Waals surface area contributed by atoms with Gasteiger partial charge >= 0.3 is 5.97 Å². The van der Waals surface area contributed by atoms with Crippen LogP contribution in [0.5, 0.6) is 0 Å². The minimum Gasteiger partial charge on any atom is -0.458 e. The molecule has 1 aliphatic rings. The van der Waals surface area contributed by atoms with Gasteiger partial charge in [-0.05, 0) is 66.6 Å². The molecule has 5 aromatic rings. The van der Waals surface area contributed by atoms with E-state index in [9.17, 15) is 4.79 Å². The van der Waals surface area contributed by atoms with Crippen molar-refractivity contribution in [2.24, 2.45) is 5.92 Å². The molecule has 194 valence electrons. The molecule has 0 saturated heterocycles. The highest BCUT2D eigenvalue weighted by atomic mass is 16.5. The van der Waals surface area contributed by atoms with E-state index in [2.05, 4.69) is 51.9 Å². The van der Waals surface area contributed by atoms with Crippen molar-refractivity contribution in [3.8, 4) is 33.6 Å². The number of carbonyl (C=O) groups is 1. The summed E-state index contributed by atoms with van der Waals surface area (Å²) < 4.78 is 11.3. The van der Waals surface area contributed by atoms with E-state index < -0.39 is 0 Å². The van der Waals surface area contributed by atoms with Crippen molar-refractivity contribution in [1.82, 2.24) is 10.1 Å². The Balaban J connectivity index is 1.18. The van der Waals surface area contributed by atoms with Gasteiger partial charge in [0.25, 0.3) is 0 Å². The summed E-state index contributed by atoms with van der Waals surface area (Å²) >= 11 is 0. The Morgan fingerprint density at radius 1 is 0.872 bits per heavy atom. The first-order valence-electron chi connectivity index (χ1n) is 13.2. The molecule has 0 spiro atoms. The van der Waals surface area contributed by atoms with Gasteiger partial charge in [0, 0.05) is 11.8 Å². The molecule has 1 aliphatic carbocycles. The molecular weight excluding hydrogens is 486 g/mol. The van der Waals surface area contributed by atoms with Crippen molar-refractivity contribution in [1.29, 1.82) is 0 Å². The molecule has 1 saturated carbocycles. The first-order chi connectivity index (χ1) is 19.0. The predicted molar refractivity (Wildman–Crippen MR) is 152 cm³/mol. The summed E-state index contributed by atoms with van der Waals surface area (Å²) in [4.78, 5) is 16.5. The fourth-order valence-corrected chi connectivity index (χ4v) is 4.57. The van der Waals surface area contributed by atoms with Gasteiger partial charge in [-0.3, -0.25) is 4.79 Å². The van der Waals surface area contributed by atoms with Gasteiger partial charge in [-0.2, -0.15) is 0 Å². The molecule has 39 heavy (non-hydrogen) atoms. The smallest absolute Gasteiger partial charge is 0.309 e. The van der Waals surface area contributed by atoms with E-state index in [1.807, 2.05) is 68.4 Å². The topological polar surface area (TPSA) is 77.2 Å². The molecular formula is C33H29N3O3. The fraction of sp³-hybridized carbons (Fsp3) is 0.182. The molecule has 0 amide bonds. The molecule has 2 aromatic heterocycles. The van der Waals surface area contributed by atoms with Crippen LogP contribution in [0.2, 0.25) is 0 Å². The number of carbonyl (C=O) groups excluding carboxylic acids is 1. The Morgan fingerprint density at radius 2 is 1.51 bits per heavy atom. The Labute approximate surface area is 227 Å². The molecule has 1 N–H and O–H groups in total. The van der Waals surface area contributed by atoms with Crippen molar-refractivity contribution in [3.63, 3.8) is 0 Å². The highest BCUT2D eigenvalue weighted by molar-refractivity contribution is 5.80. The Morgan fingerprint density at radius 3 is 2.21 bits per heavy atom. The maximum atomic E-state index is 12.0. The number of aromatic nitrogens is 2. The second kappa shape index (κ2) is 10.6. The van der Waals surface area contributed by atoms with E-state index >= 15 is 0 Å². The molecule has 6 heteroatoms. The number of hydrogen-bond donors (Lipinski definition) is 1. The summed E-state index contributed by atoms with van der Waals surface area (Å²) in [6.45, 7) is 3.83. The molecule has 1 atom stereocenters. The molecule has 0 aliphatic heterocycles. The summed E-state index contributed by atoms with van der Waals surface area (Å²) in [5, 5.41) is 7.62. The van der Waals surface area contributed by atoms with Crippen LogP contribution in [-0.2, 0) is 9.53 Å². The Hall–Kier alpha value is -4.71. The number of pyridine rings is 1. The van der Waals surface area contributed by atoms with Gasteiger partial charge in [0.2, 0.25) is 0 Å². The van der Waals surface area contributed by atoms with E-state index in [1.165, 1.54) is 0 Å². The number of anilines is 2. The maximum Gasteiger partial charge on any atom is 0.309 e. The number of ether oxygens (including phenoxy) is 1. The number of benzene rings is 3. The molecule has 6 rings (SSSR count). The molecule has 1 fully saturated rings. The Bertz CT molecular complexity index is 1590. The van der Waals surface area contributed by atoms with Gasteiger partial charge in [0.15, 0.2) is 5.76 Å². The number of aryl methyl sites for hydroxylation is 1. The zero-order chi connectivity index (χ0) is 26.8. The second-order valence-electron chi connectivity index (χ2n) is 9.95. The normalized spacial score (nSPS) is 13.6. The SMILES string of the molecule is Cc1noc(-c2ccc(-c3ccc(C(C)OC(=O)C4CC4)cc3)cc2)c1Nc1cc(-c2ccccc2)ccn1. The lowest BCUT2D eigenvalue weighted by atomic mass is 10.0. The second-order valence-corrected chi connectivity index (χ2v) is 9.95. The van der Waals surface area contributed by atoms with Crippen molar-refractivity contribution in [2.75, 3.05) is 5.32 Å². The first-order valence-corrected chi connectivity index (χ1v) is 13.2. The van der Waals surface area contributed by atoms with Crippen molar-refractivity contribution in [2.45, 2.75) is 32.8 Å². The van der Waals surface area contributed by atoms with Gasteiger partial charge in [-0.25, -0.2) is 4.98 Å². The summed E-state index contributed by atoms with van der Waals surface area (Å²) in [7, 11) is 0. The zero-order valence-corrected chi connectivity index (χ0v) is 21.9. The number of nitrogens with one attached hydrogen (secondary N) is 1. The van der Waals surface area contributed by atoms with E-state index in [0.717, 1.165) is 63.4 Å². The molecule has 1 unspecified atom stereocenters. The lowest BCUT2D eigenvalue weighted by Gasteiger charge is -2.14. The standard InChI is InChI=1S/C33H29N3O3/c1-21-31(35-30-20-29(18-19-34-30)24-6-4-3-5-7-24)32(39-36-21)27-14-12-26(13-15-27)25-10-8-23(9-11-25)22(2)38-33(37)28-16-17-28/h3-15,18-20,22,28H,16-17H2,1-2H3,(H,34,35). The zero-order valence-electron chi connectivity index (χ0n) is 21.9. The van der Waals surface area contributed by atoms with E-state index in [1.54, 1.807) is 6.20 Å². The van der Waals surface area contributed by atoms with Crippen LogP contribution in [0.1, 0.15) is 37.1 Å². The van der Waals surface area contributed by atoms with Gasteiger partial charge in [-0.1, -0.05) is 84.0 Å².